The molecule has 2 saturated heterocycles. The number of hydrogen-bond donors (Lipinski definition) is 1. The molecule has 0 radical (unpaired) electrons. The summed E-state index contributed by atoms with van der Waals surface area (Å²) in [5.41, 5.74) is 1.47. The van der Waals surface area contributed by atoms with E-state index in [4.69, 9.17) is 0 Å². The summed E-state index contributed by atoms with van der Waals surface area (Å²) in [5, 5.41) is 10.8. The van der Waals surface area contributed by atoms with E-state index in [2.05, 4.69) is 15.5 Å². The molecule has 1 aromatic carbocycles. The lowest BCUT2D eigenvalue weighted by Crippen LogP contribution is -2.59. The van der Waals surface area contributed by atoms with Crippen LogP contribution in [0.3, 0.4) is 0 Å². The molecule has 136 valence electrons. The maximum atomic E-state index is 13.0. The highest BCUT2D eigenvalue weighted by atomic mass is 16.2. The Bertz CT molecular complexity index is 767. The van der Waals surface area contributed by atoms with Crippen LogP contribution in [-0.2, 0) is 4.79 Å². The summed E-state index contributed by atoms with van der Waals surface area (Å²) in [6.07, 6.45) is 5.31. The van der Waals surface area contributed by atoms with Gasteiger partial charge in [0.05, 0.1) is 0 Å². The molecule has 2 aliphatic heterocycles. The normalized spacial score (nSPS) is 20.4. The van der Waals surface area contributed by atoms with Crippen molar-refractivity contribution < 1.29 is 9.59 Å². The molecule has 0 aliphatic carbocycles. The predicted octanol–water partition coefficient (Wildman–Crippen LogP) is 0.304. The van der Waals surface area contributed by atoms with Crippen LogP contribution in [0.15, 0.2) is 36.9 Å². The molecule has 0 unspecified atom stereocenters. The van der Waals surface area contributed by atoms with Gasteiger partial charge in [-0.05, 0) is 37.1 Å². The van der Waals surface area contributed by atoms with Crippen molar-refractivity contribution in [2.45, 2.75) is 18.9 Å². The molecule has 2 amide bonds. The Morgan fingerprint density at radius 2 is 1.69 bits per heavy atom. The van der Waals surface area contributed by atoms with E-state index in [-0.39, 0.29) is 11.8 Å². The van der Waals surface area contributed by atoms with Crippen LogP contribution >= 0.6 is 0 Å². The number of likely N-dealkylation sites (tertiary alicyclic amines) is 1. The van der Waals surface area contributed by atoms with Gasteiger partial charge in [0.2, 0.25) is 5.91 Å². The van der Waals surface area contributed by atoms with Crippen molar-refractivity contribution >= 4 is 11.8 Å². The quantitative estimate of drug-likeness (QED) is 0.857. The minimum absolute atomic E-state index is 0.0594. The number of hydrogen-bond acceptors (Lipinski definition) is 5. The van der Waals surface area contributed by atoms with Crippen LogP contribution in [0.2, 0.25) is 0 Å². The van der Waals surface area contributed by atoms with E-state index in [1.165, 1.54) is 0 Å². The van der Waals surface area contributed by atoms with Crippen molar-refractivity contribution in [3.8, 4) is 5.69 Å². The molecule has 2 aromatic rings. The van der Waals surface area contributed by atoms with Crippen LogP contribution in [0, 0.1) is 0 Å². The summed E-state index contributed by atoms with van der Waals surface area (Å²) < 4.78 is 1.78. The lowest BCUT2D eigenvalue weighted by Gasteiger charge is -2.37. The number of benzene rings is 1. The van der Waals surface area contributed by atoms with Crippen LogP contribution in [0.4, 0.5) is 0 Å². The first-order valence-corrected chi connectivity index (χ1v) is 8.99. The average Bonchev–Trinajstić information content (AvgIpc) is 3.41. The fourth-order valence-corrected chi connectivity index (χ4v) is 3.59. The van der Waals surface area contributed by atoms with Crippen LogP contribution in [0.1, 0.15) is 23.2 Å². The molecule has 8 nitrogen and oxygen atoms in total. The van der Waals surface area contributed by atoms with Gasteiger partial charge in [0.1, 0.15) is 18.7 Å². The average molecular weight is 354 g/mol. The Hall–Kier alpha value is -2.74. The Kier molecular flexibility index (Phi) is 4.66. The number of piperazine rings is 1. The molecule has 0 saturated carbocycles. The molecule has 1 aromatic heterocycles. The number of amides is 2. The van der Waals surface area contributed by atoms with Crippen molar-refractivity contribution in [3.05, 3.63) is 42.5 Å². The summed E-state index contributed by atoms with van der Waals surface area (Å²) in [6, 6.07) is 6.87. The largest absolute Gasteiger partial charge is 0.341 e. The van der Waals surface area contributed by atoms with Gasteiger partial charge >= 0.3 is 0 Å². The Balaban J connectivity index is 1.52. The van der Waals surface area contributed by atoms with E-state index >= 15 is 0 Å². The Labute approximate surface area is 151 Å². The van der Waals surface area contributed by atoms with Gasteiger partial charge < -0.3 is 15.1 Å². The van der Waals surface area contributed by atoms with Gasteiger partial charge in [-0.25, -0.2) is 0 Å². The van der Waals surface area contributed by atoms with E-state index in [0.29, 0.717) is 25.2 Å². The molecule has 26 heavy (non-hydrogen) atoms. The lowest BCUT2D eigenvalue weighted by molar-refractivity contribution is -0.135. The summed E-state index contributed by atoms with van der Waals surface area (Å²) in [5.74, 6) is -0.0384. The van der Waals surface area contributed by atoms with E-state index < -0.39 is 6.04 Å². The van der Waals surface area contributed by atoms with Crippen molar-refractivity contribution in [2.24, 2.45) is 0 Å². The van der Waals surface area contributed by atoms with Gasteiger partial charge in [0, 0.05) is 44.0 Å². The molecular formula is C18H22N6O2. The van der Waals surface area contributed by atoms with Gasteiger partial charge in [0.25, 0.3) is 5.91 Å². The zero-order valence-corrected chi connectivity index (χ0v) is 14.5. The smallest absolute Gasteiger partial charge is 0.254 e. The highest BCUT2D eigenvalue weighted by Gasteiger charge is 2.35. The van der Waals surface area contributed by atoms with Gasteiger partial charge in [0.15, 0.2) is 0 Å². The number of rotatable bonds is 3. The SMILES string of the molecule is O=C([C@H]1CNCCN1C(=O)c1ccc(-n2cnnc2)cc1)N1CCCC1. The van der Waals surface area contributed by atoms with Gasteiger partial charge in [-0.15, -0.1) is 10.2 Å². The second-order valence-corrected chi connectivity index (χ2v) is 6.67. The van der Waals surface area contributed by atoms with E-state index in [1.807, 2.05) is 17.0 Å². The van der Waals surface area contributed by atoms with E-state index in [1.54, 1.807) is 34.3 Å². The predicted molar refractivity (Wildman–Crippen MR) is 94.9 cm³/mol. The highest BCUT2D eigenvalue weighted by molar-refractivity contribution is 5.98. The lowest BCUT2D eigenvalue weighted by atomic mass is 10.1. The minimum Gasteiger partial charge on any atom is -0.341 e. The summed E-state index contributed by atoms with van der Waals surface area (Å²) in [4.78, 5) is 29.4. The zero-order valence-electron chi connectivity index (χ0n) is 14.5. The van der Waals surface area contributed by atoms with Crippen LogP contribution in [-0.4, -0.2) is 75.1 Å². The van der Waals surface area contributed by atoms with Crippen LogP contribution in [0.5, 0.6) is 0 Å². The molecule has 2 aliphatic rings. The van der Waals surface area contributed by atoms with E-state index in [9.17, 15) is 9.59 Å². The topological polar surface area (TPSA) is 83.4 Å². The standard InChI is InChI=1S/C18H22N6O2/c25-17(14-3-5-15(6-4-14)23-12-20-21-13-23)24-10-7-19-11-16(24)18(26)22-8-1-2-9-22/h3-6,12-13,16,19H,1-2,7-11H2/t16-/m1/s1. The van der Waals surface area contributed by atoms with Crippen molar-refractivity contribution in [2.75, 3.05) is 32.7 Å². The third-order valence-corrected chi connectivity index (χ3v) is 5.04. The molecule has 4 rings (SSSR count). The molecular weight excluding hydrogens is 332 g/mol. The maximum absolute atomic E-state index is 13.0. The van der Waals surface area contributed by atoms with Gasteiger partial charge in [-0.3, -0.25) is 14.2 Å². The first kappa shape index (κ1) is 16.7. The van der Waals surface area contributed by atoms with Gasteiger partial charge in [-0.2, -0.15) is 0 Å². The number of nitrogens with one attached hydrogen (secondary N) is 1. The summed E-state index contributed by atoms with van der Waals surface area (Å²) in [7, 11) is 0. The number of nitrogens with zero attached hydrogens (tertiary/aromatic N) is 5. The van der Waals surface area contributed by atoms with Crippen molar-refractivity contribution in [3.63, 3.8) is 0 Å². The van der Waals surface area contributed by atoms with Crippen molar-refractivity contribution in [1.29, 1.82) is 0 Å². The van der Waals surface area contributed by atoms with Gasteiger partial charge in [-0.1, -0.05) is 0 Å². The Morgan fingerprint density at radius 1 is 1.00 bits per heavy atom. The second kappa shape index (κ2) is 7.25. The zero-order chi connectivity index (χ0) is 17.9. The molecule has 1 N–H and O–H groups in total. The molecule has 0 spiro atoms. The van der Waals surface area contributed by atoms with E-state index in [0.717, 1.165) is 31.6 Å². The third-order valence-electron chi connectivity index (χ3n) is 5.04. The minimum atomic E-state index is -0.424. The monoisotopic (exact) mass is 354 g/mol. The Morgan fingerprint density at radius 3 is 2.38 bits per heavy atom. The van der Waals surface area contributed by atoms with Crippen LogP contribution in [0.25, 0.3) is 5.69 Å². The molecule has 3 heterocycles. The fraction of sp³-hybridized carbons (Fsp3) is 0.444. The van der Waals surface area contributed by atoms with Crippen LogP contribution < -0.4 is 5.32 Å². The number of carbonyl (C=O) groups is 2. The summed E-state index contributed by atoms with van der Waals surface area (Å²) in [6.45, 7) is 3.35. The molecule has 8 heteroatoms. The van der Waals surface area contributed by atoms with Crippen molar-refractivity contribution in [1.82, 2.24) is 29.9 Å². The fourth-order valence-electron chi connectivity index (χ4n) is 3.59. The number of carbonyl (C=O) groups excluding carboxylic acids is 2. The molecule has 0 bridgehead atoms. The molecule has 2 fully saturated rings. The first-order chi connectivity index (χ1) is 12.7. The number of aromatic nitrogens is 3. The highest BCUT2D eigenvalue weighted by Crippen LogP contribution is 2.17. The maximum Gasteiger partial charge on any atom is 0.254 e. The third kappa shape index (κ3) is 3.20. The molecule has 1 atom stereocenters. The second-order valence-electron chi connectivity index (χ2n) is 6.67. The first-order valence-electron chi connectivity index (χ1n) is 8.99. The summed E-state index contributed by atoms with van der Waals surface area (Å²) >= 11 is 0.